The van der Waals surface area contributed by atoms with Gasteiger partial charge in [0.25, 0.3) is 0 Å². The standard InChI is InChI=1S/C14H23NO3S/c1-10(2)11-7-8-12(18-6)13(9-11)19(16,17)15-14(3,4)5/h7-10,15H,1-6H3. The second-order valence-electron chi connectivity index (χ2n) is 5.92. The monoisotopic (exact) mass is 285 g/mol. The number of hydrogen-bond acceptors (Lipinski definition) is 3. The molecule has 0 aliphatic heterocycles. The Bertz CT molecular complexity index is 542. The number of benzene rings is 1. The van der Waals surface area contributed by atoms with Crippen LogP contribution in [0.2, 0.25) is 0 Å². The molecule has 19 heavy (non-hydrogen) atoms. The van der Waals surface area contributed by atoms with Crippen molar-refractivity contribution in [3.05, 3.63) is 23.8 Å². The second kappa shape index (κ2) is 5.51. The number of hydrogen-bond donors (Lipinski definition) is 1. The summed E-state index contributed by atoms with van der Waals surface area (Å²) in [6.07, 6.45) is 0. The lowest BCUT2D eigenvalue weighted by atomic mass is 10.0. The highest BCUT2D eigenvalue weighted by Gasteiger charge is 2.25. The maximum atomic E-state index is 12.4. The van der Waals surface area contributed by atoms with E-state index in [1.165, 1.54) is 7.11 Å². The first-order valence-electron chi connectivity index (χ1n) is 6.29. The van der Waals surface area contributed by atoms with Crippen LogP contribution in [0.5, 0.6) is 5.75 Å². The first-order chi connectivity index (χ1) is 8.57. The molecule has 5 heteroatoms. The van der Waals surface area contributed by atoms with Crippen molar-refractivity contribution >= 4 is 10.0 Å². The average molecular weight is 285 g/mol. The van der Waals surface area contributed by atoms with Gasteiger partial charge in [-0.05, 0) is 44.4 Å². The van der Waals surface area contributed by atoms with Crippen LogP contribution in [0.25, 0.3) is 0 Å². The second-order valence-corrected chi connectivity index (χ2v) is 7.57. The molecule has 1 aromatic carbocycles. The fourth-order valence-corrected chi connectivity index (χ4v) is 3.34. The summed E-state index contributed by atoms with van der Waals surface area (Å²) in [5, 5.41) is 0. The van der Waals surface area contributed by atoms with Crippen LogP contribution >= 0.6 is 0 Å². The minimum Gasteiger partial charge on any atom is -0.495 e. The van der Waals surface area contributed by atoms with E-state index < -0.39 is 15.6 Å². The van der Waals surface area contributed by atoms with Crippen LogP contribution in [-0.2, 0) is 10.0 Å². The zero-order chi connectivity index (χ0) is 14.8. The van der Waals surface area contributed by atoms with Crippen LogP contribution in [0.15, 0.2) is 23.1 Å². The van der Waals surface area contributed by atoms with E-state index in [-0.39, 0.29) is 10.8 Å². The molecule has 0 atom stereocenters. The summed E-state index contributed by atoms with van der Waals surface area (Å²) in [6.45, 7) is 9.47. The van der Waals surface area contributed by atoms with E-state index in [0.29, 0.717) is 5.75 Å². The Morgan fingerprint density at radius 3 is 2.21 bits per heavy atom. The molecule has 0 unspecified atom stereocenters. The molecule has 1 aromatic rings. The van der Waals surface area contributed by atoms with Crippen LogP contribution < -0.4 is 9.46 Å². The molecular formula is C14H23NO3S. The van der Waals surface area contributed by atoms with Crippen LogP contribution in [0.1, 0.15) is 46.1 Å². The minimum absolute atomic E-state index is 0.191. The summed E-state index contributed by atoms with van der Waals surface area (Å²) in [4.78, 5) is 0.191. The topological polar surface area (TPSA) is 55.4 Å². The molecule has 0 fully saturated rings. The van der Waals surface area contributed by atoms with Crippen LogP contribution in [0, 0.1) is 0 Å². The highest BCUT2D eigenvalue weighted by atomic mass is 32.2. The summed E-state index contributed by atoms with van der Waals surface area (Å²) in [5.41, 5.74) is 0.438. The van der Waals surface area contributed by atoms with Crippen LogP contribution in [0.4, 0.5) is 0 Å². The van der Waals surface area contributed by atoms with Gasteiger partial charge in [-0.1, -0.05) is 19.9 Å². The normalized spacial score (nSPS) is 12.8. The third kappa shape index (κ3) is 4.21. The molecule has 0 aliphatic carbocycles. The van der Waals surface area contributed by atoms with Gasteiger partial charge in [-0.2, -0.15) is 0 Å². The Balaban J connectivity index is 3.34. The van der Waals surface area contributed by atoms with Crippen molar-refractivity contribution in [3.63, 3.8) is 0 Å². The van der Waals surface area contributed by atoms with Gasteiger partial charge in [0.05, 0.1) is 7.11 Å². The average Bonchev–Trinajstić information content (AvgIpc) is 2.24. The third-order valence-electron chi connectivity index (χ3n) is 2.58. The van der Waals surface area contributed by atoms with E-state index in [1.807, 2.05) is 40.7 Å². The van der Waals surface area contributed by atoms with E-state index >= 15 is 0 Å². The highest BCUT2D eigenvalue weighted by molar-refractivity contribution is 7.89. The van der Waals surface area contributed by atoms with Crippen molar-refractivity contribution in [1.29, 1.82) is 0 Å². The molecule has 0 aromatic heterocycles. The van der Waals surface area contributed by atoms with E-state index in [1.54, 1.807) is 12.1 Å². The summed E-state index contributed by atoms with van der Waals surface area (Å²) in [7, 11) is -2.12. The zero-order valence-corrected chi connectivity index (χ0v) is 13.3. The first-order valence-corrected chi connectivity index (χ1v) is 7.77. The van der Waals surface area contributed by atoms with E-state index in [9.17, 15) is 8.42 Å². The van der Waals surface area contributed by atoms with Gasteiger partial charge >= 0.3 is 0 Å². The maximum Gasteiger partial charge on any atom is 0.244 e. The minimum atomic E-state index is -3.59. The van der Waals surface area contributed by atoms with Gasteiger partial charge in [-0.3, -0.25) is 0 Å². The number of methoxy groups -OCH3 is 1. The fourth-order valence-electron chi connectivity index (χ4n) is 1.72. The molecular weight excluding hydrogens is 262 g/mol. The lowest BCUT2D eigenvalue weighted by Gasteiger charge is -2.22. The van der Waals surface area contributed by atoms with Crippen molar-refractivity contribution in [1.82, 2.24) is 4.72 Å². The first kappa shape index (κ1) is 16.0. The van der Waals surface area contributed by atoms with Gasteiger partial charge in [0.15, 0.2) is 0 Å². The molecule has 0 saturated carbocycles. The molecule has 0 amide bonds. The Kier molecular flexibility index (Phi) is 4.63. The van der Waals surface area contributed by atoms with Crippen molar-refractivity contribution in [2.75, 3.05) is 7.11 Å². The number of nitrogens with one attached hydrogen (secondary N) is 1. The number of sulfonamides is 1. The summed E-state index contributed by atoms with van der Waals surface area (Å²) < 4.78 is 32.6. The SMILES string of the molecule is COc1ccc(C(C)C)cc1S(=O)(=O)NC(C)(C)C. The lowest BCUT2D eigenvalue weighted by molar-refractivity contribution is 0.400. The number of rotatable bonds is 4. The van der Waals surface area contributed by atoms with Gasteiger partial charge < -0.3 is 4.74 Å². The predicted molar refractivity (Wildman–Crippen MR) is 77.2 cm³/mol. The Hall–Kier alpha value is -1.07. The van der Waals surface area contributed by atoms with Gasteiger partial charge in [0.2, 0.25) is 10.0 Å². The Morgan fingerprint density at radius 2 is 1.79 bits per heavy atom. The van der Waals surface area contributed by atoms with E-state index in [4.69, 9.17) is 4.74 Å². The highest BCUT2D eigenvalue weighted by Crippen LogP contribution is 2.28. The van der Waals surface area contributed by atoms with Crippen LogP contribution in [0.3, 0.4) is 0 Å². The molecule has 0 saturated heterocycles. The van der Waals surface area contributed by atoms with Crippen molar-refractivity contribution in [2.24, 2.45) is 0 Å². The molecule has 0 bridgehead atoms. The zero-order valence-electron chi connectivity index (χ0n) is 12.4. The van der Waals surface area contributed by atoms with Gasteiger partial charge in [-0.25, -0.2) is 13.1 Å². The maximum absolute atomic E-state index is 12.4. The third-order valence-corrected chi connectivity index (χ3v) is 4.36. The Morgan fingerprint density at radius 1 is 1.21 bits per heavy atom. The molecule has 0 spiro atoms. The molecule has 1 rings (SSSR count). The van der Waals surface area contributed by atoms with Gasteiger partial charge in [0, 0.05) is 5.54 Å². The number of ether oxygens (including phenoxy) is 1. The predicted octanol–water partition coefficient (Wildman–Crippen LogP) is 2.90. The van der Waals surface area contributed by atoms with Crippen molar-refractivity contribution in [2.45, 2.75) is 51.0 Å². The van der Waals surface area contributed by atoms with Crippen molar-refractivity contribution < 1.29 is 13.2 Å². The quantitative estimate of drug-likeness (QED) is 0.925. The molecule has 1 N–H and O–H groups in total. The smallest absolute Gasteiger partial charge is 0.244 e. The summed E-state index contributed by atoms with van der Waals surface area (Å²) in [5.74, 6) is 0.621. The molecule has 0 heterocycles. The van der Waals surface area contributed by atoms with E-state index in [2.05, 4.69) is 4.72 Å². The lowest BCUT2D eigenvalue weighted by Crippen LogP contribution is -2.40. The Labute approximate surface area is 116 Å². The molecule has 108 valence electrons. The van der Waals surface area contributed by atoms with E-state index in [0.717, 1.165) is 5.56 Å². The van der Waals surface area contributed by atoms with Crippen molar-refractivity contribution in [3.8, 4) is 5.75 Å². The fraction of sp³-hybridized carbons (Fsp3) is 0.571. The largest absolute Gasteiger partial charge is 0.495 e. The molecule has 0 aliphatic rings. The van der Waals surface area contributed by atoms with Gasteiger partial charge in [-0.15, -0.1) is 0 Å². The molecule has 4 nitrogen and oxygen atoms in total. The summed E-state index contributed by atoms with van der Waals surface area (Å²) >= 11 is 0. The summed E-state index contributed by atoms with van der Waals surface area (Å²) in [6, 6.07) is 5.27. The van der Waals surface area contributed by atoms with Crippen LogP contribution in [-0.4, -0.2) is 21.1 Å². The molecule has 0 radical (unpaired) electrons. The van der Waals surface area contributed by atoms with Gasteiger partial charge in [0.1, 0.15) is 10.6 Å².